The topological polar surface area (TPSA) is 59.2 Å². The Morgan fingerprint density at radius 2 is 2.23 bits per heavy atom. The molecule has 0 saturated carbocycles. The van der Waals surface area contributed by atoms with Crippen molar-refractivity contribution in [3.63, 3.8) is 0 Å². The molecule has 1 aliphatic rings. The second kappa shape index (κ2) is 7.63. The summed E-state index contributed by atoms with van der Waals surface area (Å²) in [6.45, 7) is 3.45. The molecule has 5 nitrogen and oxygen atoms in total. The van der Waals surface area contributed by atoms with Crippen LogP contribution in [0, 0.1) is 0 Å². The minimum Gasteiger partial charge on any atom is -0.338 e. The molecule has 0 unspecified atom stereocenters. The molecule has 1 fully saturated rings. The van der Waals surface area contributed by atoms with E-state index in [0.717, 1.165) is 34.1 Å². The fourth-order valence-corrected chi connectivity index (χ4v) is 4.59. The second-order valence-corrected chi connectivity index (χ2v) is 8.35. The molecule has 0 radical (unpaired) electrons. The molecular formula is C19H19N3O2S2. The van der Waals surface area contributed by atoms with E-state index in [1.165, 1.54) is 0 Å². The quantitative estimate of drug-likeness (QED) is 0.604. The Morgan fingerprint density at radius 1 is 1.35 bits per heavy atom. The highest BCUT2D eigenvalue weighted by molar-refractivity contribution is 7.99. The van der Waals surface area contributed by atoms with Crippen LogP contribution in [0.3, 0.4) is 0 Å². The predicted molar refractivity (Wildman–Crippen MR) is 104 cm³/mol. The standard InChI is InChI=1S/C19H19N3O2S2/c1-2-25-15-7-4-3-6-14(15)19(23)22-10-9-13(12-22)17-20-18(24-21-17)16-8-5-11-26-16/h3-8,11,13H,2,9-10,12H2,1H3/t13-/m0/s1. The number of nitrogens with zero attached hydrogens (tertiary/aromatic N) is 3. The van der Waals surface area contributed by atoms with Gasteiger partial charge in [0.05, 0.1) is 10.4 Å². The summed E-state index contributed by atoms with van der Waals surface area (Å²) in [4.78, 5) is 21.4. The maximum atomic E-state index is 13.0. The van der Waals surface area contributed by atoms with Gasteiger partial charge in [-0.25, -0.2) is 0 Å². The molecule has 0 N–H and O–H groups in total. The number of aromatic nitrogens is 2. The van der Waals surface area contributed by atoms with Crippen molar-refractivity contribution in [3.05, 3.63) is 53.2 Å². The van der Waals surface area contributed by atoms with Gasteiger partial charge >= 0.3 is 0 Å². The van der Waals surface area contributed by atoms with Crippen LogP contribution in [0.2, 0.25) is 0 Å². The summed E-state index contributed by atoms with van der Waals surface area (Å²) < 4.78 is 5.40. The number of benzene rings is 1. The van der Waals surface area contributed by atoms with E-state index in [0.29, 0.717) is 18.3 Å². The number of thioether (sulfide) groups is 1. The SMILES string of the molecule is CCSc1ccccc1C(=O)N1CC[C@H](c2noc(-c3cccs3)n2)C1. The lowest BCUT2D eigenvalue weighted by Crippen LogP contribution is -2.29. The first-order valence-corrected chi connectivity index (χ1v) is 10.5. The third-order valence-corrected chi connectivity index (χ3v) is 6.25. The molecule has 1 aliphatic heterocycles. The molecule has 2 aromatic heterocycles. The highest BCUT2D eigenvalue weighted by atomic mass is 32.2. The van der Waals surface area contributed by atoms with Crippen molar-refractivity contribution >= 4 is 29.0 Å². The van der Waals surface area contributed by atoms with Gasteiger partial charge < -0.3 is 9.42 Å². The summed E-state index contributed by atoms with van der Waals surface area (Å²) in [7, 11) is 0. The van der Waals surface area contributed by atoms with E-state index in [9.17, 15) is 4.79 Å². The van der Waals surface area contributed by atoms with E-state index in [-0.39, 0.29) is 11.8 Å². The van der Waals surface area contributed by atoms with E-state index in [2.05, 4.69) is 17.1 Å². The predicted octanol–water partition coefficient (Wildman–Crippen LogP) is 4.54. The Balaban J connectivity index is 1.48. The number of rotatable bonds is 5. The van der Waals surface area contributed by atoms with Crippen molar-refractivity contribution < 1.29 is 9.32 Å². The molecule has 0 bridgehead atoms. The number of carbonyl (C=O) groups excluding carboxylic acids is 1. The summed E-state index contributed by atoms with van der Waals surface area (Å²) in [5.74, 6) is 2.42. The summed E-state index contributed by atoms with van der Waals surface area (Å²) >= 11 is 3.28. The number of carbonyl (C=O) groups is 1. The van der Waals surface area contributed by atoms with E-state index in [1.54, 1.807) is 23.1 Å². The Hall–Kier alpha value is -2.12. The highest BCUT2D eigenvalue weighted by Crippen LogP contribution is 2.31. The molecule has 3 aromatic rings. The minimum absolute atomic E-state index is 0.0889. The number of likely N-dealkylation sites (tertiary alicyclic amines) is 1. The molecule has 1 atom stereocenters. The maximum Gasteiger partial charge on any atom is 0.267 e. The molecular weight excluding hydrogens is 366 g/mol. The Morgan fingerprint density at radius 3 is 3.04 bits per heavy atom. The molecule has 1 saturated heterocycles. The van der Waals surface area contributed by atoms with Crippen molar-refractivity contribution in [1.82, 2.24) is 15.0 Å². The van der Waals surface area contributed by atoms with Gasteiger partial charge in [-0.3, -0.25) is 4.79 Å². The number of thiophene rings is 1. The van der Waals surface area contributed by atoms with Gasteiger partial charge in [-0.1, -0.05) is 30.3 Å². The third kappa shape index (κ3) is 3.41. The van der Waals surface area contributed by atoms with Crippen LogP contribution in [-0.2, 0) is 0 Å². The van der Waals surface area contributed by atoms with Crippen LogP contribution >= 0.6 is 23.1 Å². The van der Waals surface area contributed by atoms with Crippen LogP contribution in [0.4, 0.5) is 0 Å². The van der Waals surface area contributed by atoms with Crippen LogP contribution in [0.1, 0.15) is 35.4 Å². The lowest BCUT2D eigenvalue weighted by molar-refractivity contribution is 0.0787. The van der Waals surface area contributed by atoms with Crippen molar-refractivity contribution in [2.24, 2.45) is 0 Å². The first-order valence-electron chi connectivity index (χ1n) is 8.65. The normalized spacial score (nSPS) is 17.0. The van der Waals surface area contributed by atoms with E-state index in [1.807, 2.05) is 46.7 Å². The van der Waals surface area contributed by atoms with Crippen LogP contribution in [-0.4, -0.2) is 39.8 Å². The summed E-state index contributed by atoms with van der Waals surface area (Å²) in [5.41, 5.74) is 0.785. The lowest BCUT2D eigenvalue weighted by Gasteiger charge is -2.17. The van der Waals surface area contributed by atoms with Crippen molar-refractivity contribution in [3.8, 4) is 10.8 Å². The average molecular weight is 386 g/mol. The zero-order valence-electron chi connectivity index (χ0n) is 14.4. The molecule has 3 heterocycles. The van der Waals surface area contributed by atoms with Crippen molar-refractivity contribution in [1.29, 1.82) is 0 Å². The second-order valence-electron chi connectivity index (χ2n) is 6.10. The highest BCUT2D eigenvalue weighted by Gasteiger charge is 2.31. The zero-order chi connectivity index (χ0) is 17.9. The minimum atomic E-state index is 0.0889. The van der Waals surface area contributed by atoms with E-state index >= 15 is 0 Å². The summed E-state index contributed by atoms with van der Waals surface area (Å²) in [6, 6.07) is 11.8. The van der Waals surface area contributed by atoms with Gasteiger partial charge in [-0.2, -0.15) is 4.98 Å². The summed E-state index contributed by atoms with van der Waals surface area (Å²) in [5, 5.41) is 6.13. The van der Waals surface area contributed by atoms with Gasteiger partial charge in [0.2, 0.25) is 0 Å². The van der Waals surface area contributed by atoms with Gasteiger partial charge in [0, 0.05) is 23.9 Å². The van der Waals surface area contributed by atoms with Gasteiger partial charge in [-0.15, -0.1) is 23.1 Å². The van der Waals surface area contributed by atoms with Crippen LogP contribution in [0.5, 0.6) is 0 Å². The number of hydrogen-bond donors (Lipinski definition) is 0. The van der Waals surface area contributed by atoms with Crippen LogP contribution in [0.25, 0.3) is 10.8 Å². The zero-order valence-corrected chi connectivity index (χ0v) is 16.1. The maximum absolute atomic E-state index is 13.0. The molecule has 1 aromatic carbocycles. The van der Waals surface area contributed by atoms with E-state index in [4.69, 9.17) is 4.52 Å². The van der Waals surface area contributed by atoms with Crippen LogP contribution < -0.4 is 0 Å². The Labute approximate surface area is 160 Å². The van der Waals surface area contributed by atoms with Crippen LogP contribution in [0.15, 0.2) is 51.2 Å². The molecule has 7 heteroatoms. The third-order valence-electron chi connectivity index (χ3n) is 4.43. The molecule has 0 aliphatic carbocycles. The lowest BCUT2D eigenvalue weighted by atomic mass is 10.1. The average Bonchev–Trinajstić information content (AvgIpc) is 3.42. The van der Waals surface area contributed by atoms with Crippen molar-refractivity contribution in [2.75, 3.05) is 18.8 Å². The molecule has 0 spiro atoms. The fraction of sp³-hybridized carbons (Fsp3) is 0.316. The van der Waals surface area contributed by atoms with Gasteiger partial charge in [0.15, 0.2) is 5.82 Å². The van der Waals surface area contributed by atoms with E-state index < -0.39 is 0 Å². The van der Waals surface area contributed by atoms with Gasteiger partial charge in [0.25, 0.3) is 11.8 Å². The first kappa shape index (κ1) is 17.3. The van der Waals surface area contributed by atoms with Crippen molar-refractivity contribution in [2.45, 2.75) is 24.2 Å². The fourth-order valence-electron chi connectivity index (χ4n) is 3.15. The number of amides is 1. The molecule has 26 heavy (non-hydrogen) atoms. The molecule has 134 valence electrons. The number of hydrogen-bond acceptors (Lipinski definition) is 6. The summed E-state index contributed by atoms with van der Waals surface area (Å²) in [6.07, 6.45) is 0.859. The molecule has 4 rings (SSSR count). The Kier molecular flexibility index (Phi) is 5.08. The van der Waals surface area contributed by atoms with Gasteiger partial charge in [0.1, 0.15) is 0 Å². The monoisotopic (exact) mass is 385 g/mol. The molecule has 1 amide bonds. The smallest absolute Gasteiger partial charge is 0.267 e. The Bertz CT molecular complexity index is 892. The van der Waals surface area contributed by atoms with Gasteiger partial charge in [-0.05, 0) is 35.8 Å². The first-order chi connectivity index (χ1) is 12.8. The largest absolute Gasteiger partial charge is 0.338 e.